The molecule has 1 aromatic carbocycles. The van der Waals surface area contributed by atoms with Crippen LogP contribution in [-0.4, -0.2) is 12.3 Å². The molecular weight excluding hydrogens is 263 g/mol. The van der Waals surface area contributed by atoms with Crippen molar-refractivity contribution in [1.29, 1.82) is 0 Å². The Morgan fingerprint density at radius 1 is 1.05 bits per heavy atom. The molecular formula is C16H16F3N. The average Bonchev–Trinajstić information content (AvgIpc) is 2.44. The molecule has 1 saturated carbocycles. The fourth-order valence-corrected chi connectivity index (χ4v) is 2.23. The maximum Gasteiger partial charge on any atom is 0.416 e. The zero-order valence-electron chi connectivity index (χ0n) is 11.1. The fourth-order valence-electron chi connectivity index (χ4n) is 2.23. The van der Waals surface area contributed by atoms with Crippen LogP contribution >= 0.6 is 0 Å². The molecule has 0 radical (unpaired) electrons. The van der Waals surface area contributed by atoms with Crippen LogP contribution in [0.5, 0.6) is 0 Å². The third-order valence-corrected chi connectivity index (χ3v) is 3.35. The largest absolute Gasteiger partial charge is 0.416 e. The number of aliphatic imine (C=N–C) groups is 1. The van der Waals surface area contributed by atoms with E-state index >= 15 is 0 Å². The van der Waals surface area contributed by atoms with Gasteiger partial charge in [0, 0.05) is 5.56 Å². The molecule has 1 nitrogen and oxygen atoms in total. The molecule has 0 aromatic heterocycles. The number of hydrogen-bond acceptors (Lipinski definition) is 1. The first kappa shape index (κ1) is 14.6. The molecule has 0 unspecified atom stereocenters. The van der Waals surface area contributed by atoms with Crippen molar-refractivity contribution in [2.45, 2.75) is 44.3 Å². The van der Waals surface area contributed by atoms with E-state index in [9.17, 15) is 13.2 Å². The maximum atomic E-state index is 12.4. The van der Waals surface area contributed by atoms with Gasteiger partial charge in [0.15, 0.2) is 0 Å². The monoisotopic (exact) mass is 279 g/mol. The van der Waals surface area contributed by atoms with Crippen LogP contribution in [0.4, 0.5) is 13.2 Å². The van der Waals surface area contributed by atoms with Crippen molar-refractivity contribution in [3.8, 4) is 11.8 Å². The third-order valence-electron chi connectivity index (χ3n) is 3.35. The summed E-state index contributed by atoms with van der Waals surface area (Å²) < 4.78 is 37.1. The van der Waals surface area contributed by atoms with Gasteiger partial charge in [0.1, 0.15) is 0 Å². The first-order valence-electron chi connectivity index (χ1n) is 6.76. The molecule has 1 fully saturated rings. The Labute approximate surface area is 116 Å². The van der Waals surface area contributed by atoms with Crippen LogP contribution in [0.2, 0.25) is 0 Å². The maximum absolute atomic E-state index is 12.4. The van der Waals surface area contributed by atoms with Gasteiger partial charge in [-0.1, -0.05) is 25.2 Å². The third kappa shape index (κ3) is 4.41. The van der Waals surface area contributed by atoms with E-state index in [4.69, 9.17) is 0 Å². The Bertz CT molecular complexity index is 511. The first-order chi connectivity index (χ1) is 9.55. The van der Waals surface area contributed by atoms with Crippen LogP contribution in [0.3, 0.4) is 0 Å². The van der Waals surface area contributed by atoms with Crippen LogP contribution in [0.1, 0.15) is 43.2 Å². The van der Waals surface area contributed by atoms with Crippen LogP contribution < -0.4 is 0 Å². The molecule has 106 valence electrons. The van der Waals surface area contributed by atoms with Gasteiger partial charge in [0.2, 0.25) is 0 Å². The summed E-state index contributed by atoms with van der Waals surface area (Å²) in [5.74, 6) is 5.58. The quantitative estimate of drug-likeness (QED) is 0.531. The summed E-state index contributed by atoms with van der Waals surface area (Å²) in [6.07, 6.45) is 3.21. The van der Waals surface area contributed by atoms with Crippen molar-refractivity contribution in [2.75, 3.05) is 0 Å². The smallest absolute Gasteiger partial charge is 0.281 e. The summed E-state index contributed by atoms with van der Waals surface area (Å²) in [5, 5.41) is 0. The highest BCUT2D eigenvalue weighted by atomic mass is 19.4. The zero-order valence-corrected chi connectivity index (χ0v) is 11.1. The van der Waals surface area contributed by atoms with Gasteiger partial charge in [-0.25, -0.2) is 0 Å². The summed E-state index contributed by atoms with van der Waals surface area (Å²) in [6, 6.07) is 5.21. The van der Waals surface area contributed by atoms with Gasteiger partial charge in [0.25, 0.3) is 0 Å². The Hall–Kier alpha value is -1.76. The lowest BCUT2D eigenvalue weighted by atomic mass is 9.96. The summed E-state index contributed by atoms with van der Waals surface area (Å²) in [6.45, 7) is 0. The Morgan fingerprint density at radius 3 is 2.30 bits per heavy atom. The topological polar surface area (TPSA) is 12.4 Å². The van der Waals surface area contributed by atoms with Gasteiger partial charge >= 0.3 is 6.18 Å². The Balaban J connectivity index is 1.93. The van der Waals surface area contributed by atoms with Crippen LogP contribution in [0.25, 0.3) is 0 Å². The van der Waals surface area contributed by atoms with Crippen molar-refractivity contribution in [3.05, 3.63) is 35.4 Å². The highest BCUT2D eigenvalue weighted by molar-refractivity contribution is 5.79. The van der Waals surface area contributed by atoms with Gasteiger partial charge in [-0.3, -0.25) is 4.99 Å². The van der Waals surface area contributed by atoms with Gasteiger partial charge in [-0.2, -0.15) is 13.2 Å². The molecule has 0 amide bonds. The van der Waals surface area contributed by atoms with Crippen molar-refractivity contribution in [1.82, 2.24) is 0 Å². The van der Waals surface area contributed by atoms with Gasteiger partial charge in [-0.05, 0) is 43.0 Å². The highest BCUT2D eigenvalue weighted by Crippen LogP contribution is 2.28. The number of benzene rings is 1. The van der Waals surface area contributed by atoms with E-state index in [1.807, 2.05) is 0 Å². The summed E-state index contributed by atoms with van der Waals surface area (Å²) >= 11 is 0. The molecule has 0 atom stereocenters. The molecule has 20 heavy (non-hydrogen) atoms. The minimum Gasteiger partial charge on any atom is -0.281 e. The number of hydrogen-bond donors (Lipinski definition) is 0. The molecule has 0 heterocycles. The first-order valence-corrected chi connectivity index (χ1v) is 6.76. The van der Waals surface area contributed by atoms with Crippen LogP contribution in [0, 0.1) is 11.8 Å². The lowest BCUT2D eigenvalue weighted by Crippen LogP contribution is -2.09. The minimum atomic E-state index is -4.30. The van der Waals surface area contributed by atoms with E-state index < -0.39 is 11.7 Å². The lowest BCUT2D eigenvalue weighted by Gasteiger charge is -2.16. The van der Waals surface area contributed by atoms with Crippen LogP contribution in [-0.2, 0) is 6.18 Å². The van der Waals surface area contributed by atoms with Crippen molar-refractivity contribution >= 4 is 6.21 Å². The SMILES string of the molecule is FC(F)(F)c1ccc(C#CC=NC2CCCCC2)cc1. The molecule has 0 bridgehead atoms. The molecule has 1 aromatic rings. The lowest BCUT2D eigenvalue weighted by molar-refractivity contribution is -0.137. The summed E-state index contributed by atoms with van der Waals surface area (Å²) in [7, 11) is 0. The molecule has 0 saturated heterocycles. The minimum absolute atomic E-state index is 0.366. The average molecular weight is 279 g/mol. The molecule has 1 aliphatic carbocycles. The zero-order chi connectivity index (χ0) is 14.4. The molecule has 1 aliphatic rings. The standard InChI is InChI=1S/C16H16F3N/c17-16(18,19)14-10-8-13(9-11-14)5-4-12-20-15-6-2-1-3-7-15/h8-12,15H,1-3,6-7H2. The number of nitrogens with zero attached hydrogens (tertiary/aromatic N) is 1. The predicted octanol–water partition coefficient (Wildman–Crippen LogP) is 4.46. The number of alkyl halides is 3. The molecule has 0 N–H and O–H groups in total. The van der Waals surface area contributed by atoms with E-state index in [0.717, 1.165) is 25.0 Å². The second-order valence-electron chi connectivity index (χ2n) is 4.91. The highest BCUT2D eigenvalue weighted by Gasteiger charge is 2.29. The molecule has 4 heteroatoms. The van der Waals surface area contributed by atoms with Crippen molar-refractivity contribution in [3.63, 3.8) is 0 Å². The van der Waals surface area contributed by atoms with E-state index in [1.165, 1.54) is 31.4 Å². The molecule has 0 spiro atoms. The number of rotatable bonds is 1. The summed E-state index contributed by atoms with van der Waals surface area (Å²) in [4.78, 5) is 4.38. The van der Waals surface area contributed by atoms with Gasteiger partial charge in [-0.15, -0.1) is 0 Å². The van der Waals surface area contributed by atoms with Crippen LogP contribution in [0.15, 0.2) is 29.3 Å². The number of halogens is 3. The van der Waals surface area contributed by atoms with E-state index in [1.54, 1.807) is 6.21 Å². The van der Waals surface area contributed by atoms with Crippen molar-refractivity contribution < 1.29 is 13.2 Å². The Morgan fingerprint density at radius 2 is 1.70 bits per heavy atom. The van der Waals surface area contributed by atoms with Crippen molar-refractivity contribution in [2.24, 2.45) is 4.99 Å². The van der Waals surface area contributed by atoms with Gasteiger partial charge < -0.3 is 0 Å². The fraction of sp³-hybridized carbons (Fsp3) is 0.438. The summed E-state index contributed by atoms with van der Waals surface area (Å²) in [5.41, 5.74) is -0.0907. The molecule has 0 aliphatic heterocycles. The molecule has 2 rings (SSSR count). The normalized spacial score (nSPS) is 16.9. The second kappa shape index (κ2) is 6.60. The van der Waals surface area contributed by atoms with E-state index in [2.05, 4.69) is 16.8 Å². The van der Waals surface area contributed by atoms with E-state index in [0.29, 0.717) is 11.6 Å². The van der Waals surface area contributed by atoms with Gasteiger partial charge in [0.05, 0.1) is 17.8 Å². The predicted molar refractivity (Wildman–Crippen MR) is 73.7 cm³/mol. The second-order valence-corrected chi connectivity index (χ2v) is 4.91. The Kier molecular flexibility index (Phi) is 4.84. The van der Waals surface area contributed by atoms with E-state index in [-0.39, 0.29) is 0 Å².